The summed E-state index contributed by atoms with van der Waals surface area (Å²) in [7, 11) is 3.42. The van der Waals surface area contributed by atoms with Gasteiger partial charge in [0.05, 0.1) is 13.7 Å². The van der Waals surface area contributed by atoms with Crippen LogP contribution in [0.2, 0.25) is 0 Å². The molecular weight excluding hydrogens is 469 g/mol. The first-order valence-electron chi connectivity index (χ1n) is 9.93. The Morgan fingerprint density at radius 1 is 1.18 bits per heavy atom. The van der Waals surface area contributed by atoms with Gasteiger partial charge in [0, 0.05) is 26.8 Å². The van der Waals surface area contributed by atoms with E-state index < -0.39 is 0 Å². The van der Waals surface area contributed by atoms with Crippen molar-refractivity contribution >= 4 is 29.9 Å². The first-order chi connectivity index (χ1) is 13.1. The van der Waals surface area contributed by atoms with Gasteiger partial charge in [0.15, 0.2) is 17.5 Å². The Kier molecular flexibility index (Phi) is 11.6. The van der Waals surface area contributed by atoms with Crippen molar-refractivity contribution in [3.63, 3.8) is 0 Å². The van der Waals surface area contributed by atoms with E-state index in [1.54, 1.807) is 14.2 Å². The minimum Gasteiger partial charge on any atom is -0.493 e. The number of guanidine groups is 1. The lowest BCUT2D eigenvalue weighted by Gasteiger charge is -2.40. The van der Waals surface area contributed by atoms with Gasteiger partial charge < -0.3 is 24.8 Å². The maximum Gasteiger partial charge on any atom is 0.191 e. The van der Waals surface area contributed by atoms with Gasteiger partial charge in [-0.05, 0) is 50.7 Å². The zero-order valence-electron chi connectivity index (χ0n) is 17.6. The Hall–Kier alpha value is -1.22. The largest absolute Gasteiger partial charge is 0.493 e. The van der Waals surface area contributed by atoms with Crippen LogP contribution in [-0.4, -0.2) is 52.5 Å². The Morgan fingerprint density at radius 2 is 1.89 bits per heavy atom. The summed E-state index contributed by atoms with van der Waals surface area (Å²) in [6.45, 7) is 7.26. The van der Waals surface area contributed by atoms with E-state index in [9.17, 15) is 0 Å². The van der Waals surface area contributed by atoms with Crippen LogP contribution in [0.3, 0.4) is 0 Å². The molecule has 1 fully saturated rings. The lowest BCUT2D eigenvalue weighted by molar-refractivity contribution is 0.0778. The average Bonchev–Trinajstić information content (AvgIpc) is 2.65. The van der Waals surface area contributed by atoms with Crippen molar-refractivity contribution in [1.82, 2.24) is 10.6 Å². The Labute approximate surface area is 186 Å². The standard InChI is InChI=1S/C21H35N3O3.HI/c1-5-22-20(24-16-21(11-8-12-21)13-14-25-3)23-15-17(2)27-19-10-7-6-9-18(19)26-4;/h6-7,9-10,17H,5,8,11-16H2,1-4H3,(H2,22,23,24);1H. The molecule has 0 aliphatic heterocycles. The first kappa shape index (κ1) is 24.8. The van der Waals surface area contributed by atoms with Gasteiger partial charge in [-0.3, -0.25) is 4.99 Å². The van der Waals surface area contributed by atoms with Gasteiger partial charge in [-0.25, -0.2) is 0 Å². The van der Waals surface area contributed by atoms with Gasteiger partial charge in [-0.2, -0.15) is 0 Å². The van der Waals surface area contributed by atoms with E-state index in [2.05, 4.69) is 17.6 Å². The number of aliphatic imine (C=N–C) groups is 1. The van der Waals surface area contributed by atoms with E-state index in [1.165, 1.54) is 19.3 Å². The fourth-order valence-corrected chi connectivity index (χ4v) is 3.29. The predicted molar refractivity (Wildman–Crippen MR) is 125 cm³/mol. The Balaban J connectivity index is 0.00000392. The molecule has 1 aliphatic rings. The van der Waals surface area contributed by atoms with Gasteiger partial charge in [0.1, 0.15) is 6.10 Å². The van der Waals surface area contributed by atoms with Crippen LogP contribution in [0, 0.1) is 5.41 Å². The predicted octanol–water partition coefficient (Wildman–Crippen LogP) is 3.84. The topological polar surface area (TPSA) is 64.1 Å². The maximum atomic E-state index is 6.01. The highest BCUT2D eigenvalue weighted by Crippen LogP contribution is 2.44. The van der Waals surface area contributed by atoms with E-state index in [-0.39, 0.29) is 30.1 Å². The number of rotatable bonds is 11. The lowest BCUT2D eigenvalue weighted by atomic mass is 9.67. The fraction of sp³-hybridized carbons (Fsp3) is 0.667. The number of methoxy groups -OCH3 is 2. The fourth-order valence-electron chi connectivity index (χ4n) is 3.29. The van der Waals surface area contributed by atoms with Crippen molar-refractivity contribution in [1.29, 1.82) is 0 Å². The van der Waals surface area contributed by atoms with Gasteiger partial charge in [-0.15, -0.1) is 24.0 Å². The molecule has 0 aromatic heterocycles. The molecule has 1 saturated carbocycles. The third-order valence-corrected chi connectivity index (χ3v) is 5.12. The third-order valence-electron chi connectivity index (χ3n) is 5.12. The summed E-state index contributed by atoms with van der Waals surface area (Å²) >= 11 is 0. The van der Waals surface area contributed by atoms with E-state index >= 15 is 0 Å². The van der Waals surface area contributed by atoms with Crippen LogP contribution < -0.4 is 20.1 Å². The number of ether oxygens (including phenoxy) is 3. The second-order valence-corrected chi connectivity index (χ2v) is 7.25. The van der Waals surface area contributed by atoms with E-state index in [1.807, 2.05) is 31.2 Å². The molecule has 1 aromatic carbocycles. The SMILES string of the molecule is CCNC(=NCC1(CCOC)CCC1)NCC(C)Oc1ccccc1OC.I. The number of hydrogen-bond donors (Lipinski definition) is 2. The molecule has 1 aromatic rings. The molecule has 0 spiro atoms. The minimum absolute atomic E-state index is 0. The van der Waals surface area contributed by atoms with Crippen LogP contribution >= 0.6 is 24.0 Å². The second kappa shape index (κ2) is 13.1. The normalized spacial score (nSPS) is 16.4. The average molecular weight is 505 g/mol. The molecule has 0 amide bonds. The highest BCUT2D eigenvalue weighted by molar-refractivity contribution is 14.0. The number of hydrogen-bond acceptors (Lipinski definition) is 4. The summed E-state index contributed by atoms with van der Waals surface area (Å²) in [5.41, 5.74) is 0.317. The van der Waals surface area contributed by atoms with Crippen molar-refractivity contribution < 1.29 is 14.2 Å². The van der Waals surface area contributed by atoms with Crippen LogP contribution in [0.4, 0.5) is 0 Å². The summed E-state index contributed by atoms with van der Waals surface area (Å²) < 4.78 is 16.6. The second-order valence-electron chi connectivity index (χ2n) is 7.25. The zero-order valence-corrected chi connectivity index (χ0v) is 20.0. The zero-order chi connectivity index (χ0) is 19.5. The van der Waals surface area contributed by atoms with Gasteiger partial charge in [0.25, 0.3) is 0 Å². The summed E-state index contributed by atoms with van der Waals surface area (Å²) in [6.07, 6.45) is 4.85. The molecule has 1 atom stereocenters. The highest BCUT2D eigenvalue weighted by atomic mass is 127. The molecule has 0 saturated heterocycles. The third kappa shape index (κ3) is 7.66. The quantitative estimate of drug-likeness (QED) is 0.272. The lowest BCUT2D eigenvalue weighted by Crippen LogP contribution is -2.43. The molecule has 0 heterocycles. The maximum absolute atomic E-state index is 6.01. The van der Waals surface area contributed by atoms with Crippen molar-refractivity contribution in [3.05, 3.63) is 24.3 Å². The molecule has 0 bridgehead atoms. The molecule has 28 heavy (non-hydrogen) atoms. The van der Waals surface area contributed by atoms with Gasteiger partial charge in [0.2, 0.25) is 0 Å². The Bertz CT molecular complexity index is 594. The van der Waals surface area contributed by atoms with Crippen LogP contribution in [0.5, 0.6) is 11.5 Å². The first-order valence-corrected chi connectivity index (χ1v) is 9.93. The number of halogens is 1. The summed E-state index contributed by atoms with van der Waals surface area (Å²) in [4.78, 5) is 4.83. The van der Waals surface area contributed by atoms with Crippen LogP contribution in [0.1, 0.15) is 39.5 Å². The molecule has 6 nitrogen and oxygen atoms in total. The monoisotopic (exact) mass is 505 g/mol. The molecule has 2 rings (SSSR count). The van der Waals surface area contributed by atoms with Crippen LogP contribution in [-0.2, 0) is 4.74 Å². The smallest absolute Gasteiger partial charge is 0.191 e. The van der Waals surface area contributed by atoms with E-state index in [0.29, 0.717) is 12.0 Å². The Morgan fingerprint density at radius 3 is 2.46 bits per heavy atom. The van der Waals surface area contributed by atoms with Crippen LogP contribution in [0.25, 0.3) is 0 Å². The number of nitrogens with one attached hydrogen (secondary N) is 2. The van der Waals surface area contributed by atoms with Crippen molar-refractivity contribution in [2.45, 2.75) is 45.6 Å². The minimum atomic E-state index is -0.0173. The van der Waals surface area contributed by atoms with Gasteiger partial charge in [-0.1, -0.05) is 18.6 Å². The number of para-hydroxylation sites is 2. The molecule has 1 unspecified atom stereocenters. The number of benzene rings is 1. The summed E-state index contributed by atoms with van der Waals surface area (Å²) in [6, 6.07) is 7.70. The molecular formula is C21H36IN3O3. The molecule has 160 valence electrons. The van der Waals surface area contributed by atoms with Crippen LogP contribution in [0.15, 0.2) is 29.3 Å². The van der Waals surface area contributed by atoms with Gasteiger partial charge >= 0.3 is 0 Å². The molecule has 2 N–H and O–H groups in total. The van der Waals surface area contributed by atoms with E-state index in [0.717, 1.165) is 43.6 Å². The van der Waals surface area contributed by atoms with Crippen molar-refractivity contribution in [2.24, 2.45) is 10.4 Å². The molecule has 1 aliphatic carbocycles. The van der Waals surface area contributed by atoms with E-state index in [4.69, 9.17) is 19.2 Å². The molecule has 7 heteroatoms. The van der Waals surface area contributed by atoms with Crippen molar-refractivity contribution in [2.75, 3.05) is 40.5 Å². The van der Waals surface area contributed by atoms with Crippen molar-refractivity contribution in [3.8, 4) is 11.5 Å². The molecule has 0 radical (unpaired) electrons. The summed E-state index contributed by atoms with van der Waals surface area (Å²) in [5.74, 6) is 2.34. The number of nitrogens with zero attached hydrogens (tertiary/aromatic N) is 1. The summed E-state index contributed by atoms with van der Waals surface area (Å²) in [5, 5.41) is 6.73. The highest BCUT2D eigenvalue weighted by Gasteiger charge is 2.36.